The van der Waals surface area contributed by atoms with Crippen molar-refractivity contribution in [2.24, 2.45) is 0 Å². The lowest BCUT2D eigenvalue weighted by Crippen LogP contribution is -1.86. The van der Waals surface area contributed by atoms with E-state index < -0.39 is 0 Å². The van der Waals surface area contributed by atoms with Gasteiger partial charge in [-0.1, -0.05) is 6.92 Å². The minimum absolute atomic E-state index is 0.898. The van der Waals surface area contributed by atoms with E-state index in [-0.39, 0.29) is 0 Å². The normalized spacial score (nSPS) is 11.0. The van der Waals surface area contributed by atoms with Gasteiger partial charge in [-0.15, -0.1) is 23.1 Å². The third kappa shape index (κ3) is 1.62. The van der Waals surface area contributed by atoms with E-state index in [0.29, 0.717) is 0 Å². The molecule has 0 unspecified atom stereocenters. The summed E-state index contributed by atoms with van der Waals surface area (Å²) >= 11 is 3.55. The van der Waals surface area contributed by atoms with Gasteiger partial charge in [0.25, 0.3) is 0 Å². The second-order valence-corrected chi connectivity index (χ2v) is 5.21. The number of benzene rings is 1. The van der Waals surface area contributed by atoms with Gasteiger partial charge in [-0.3, -0.25) is 0 Å². The second-order valence-electron chi connectivity index (χ2n) is 3.20. The van der Waals surface area contributed by atoms with E-state index in [2.05, 4.69) is 31.4 Å². The quantitative estimate of drug-likeness (QED) is 0.619. The van der Waals surface area contributed by atoms with Crippen molar-refractivity contribution >= 4 is 38.9 Å². The Morgan fingerprint density at radius 2 is 2.14 bits per heavy atom. The van der Waals surface area contributed by atoms with Crippen molar-refractivity contribution in [1.82, 2.24) is 0 Å². The van der Waals surface area contributed by atoms with Gasteiger partial charge in [0.2, 0.25) is 0 Å². The van der Waals surface area contributed by atoms with Gasteiger partial charge in [0.05, 0.1) is 0 Å². The molecule has 0 saturated heterocycles. The van der Waals surface area contributed by atoms with Crippen molar-refractivity contribution in [3.8, 4) is 0 Å². The second kappa shape index (κ2) is 3.83. The Morgan fingerprint density at radius 3 is 2.79 bits per heavy atom. The van der Waals surface area contributed by atoms with Crippen LogP contribution in [0, 0.1) is 0 Å². The summed E-state index contributed by atoms with van der Waals surface area (Å²) in [6.07, 6.45) is 3.17. The summed E-state index contributed by atoms with van der Waals surface area (Å²) in [6, 6.07) is 6.54. The van der Waals surface area contributed by atoms with Crippen molar-refractivity contribution in [2.75, 3.05) is 12.0 Å². The molecular formula is C11H13NS2. The lowest BCUT2D eigenvalue weighted by atomic mass is 10.2. The van der Waals surface area contributed by atoms with Gasteiger partial charge in [0.15, 0.2) is 0 Å². The molecule has 0 bridgehead atoms. The highest BCUT2D eigenvalue weighted by molar-refractivity contribution is 7.98. The summed E-state index contributed by atoms with van der Waals surface area (Å²) in [7, 11) is 0. The molecule has 0 spiro atoms. The fraction of sp³-hybridized carbons (Fsp3) is 0.273. The highest BCUT2D eigenvalue weighted by Crippen LogP contribution is 2.33. The molecule has 2 N–H and O–H groups in total. The number of thiophene rings is 1. The average Bonchev–Trinajstić information content (AvgIpc) is 2.58. The van der Waals surface area contributed by atoms with Crippen LogP contribution in [0.3, 0.4) is 0 Å². The lowest BCUT2D eigenvalue weighted by Gasteiger charge is -2.01. The number of hydrogen-bond acceptors (Lipinski definition) is 3. The zero-order valence-electron chi connectivity index (χ0n) is 8.33. The van der Waals surface area contributed by atoms with Crippen LogP contribution in [0.25, 0.3) is 10.1 Å². The molecule has 1 heterocycles. The fourth-order valence-electron chi connectivity index (χ4n) is 1.49. The van der Waals surface area contributed by atoms with Crippen molar-refractivity contribution < 1.29 is 0 Å². The molecular weight excluding hydrogens is 210 g/mol. The molecule has 0 amide bonds. The molecule has 1 aromatic heterocycles. The predicted molar refractivity (Wildman–Crippen MR) is 67.4 cm³/mol. The lowest BCUT2D eigenvalue weighted by molar-refractivity contribution is 1.19. The summed E-state index contributed by atoms with van der Waals surface area (Å²) in [5, 5.41) is 1.32. The number of hydrogen-bond donors (Lipinski definition) is 1. The number of nitrogens with two attached hydrogens (primary N) is 1. The molecule has 2 aromatic rings. The Kier molecular flexibility index (Phi) is 2.70. The number of rotatable bonds is 2. The van der Waals surface area contributed by atoms with Crippen LogP contribution >= 0.6 is 23.1 Å². The highest BCUT2D eigenvalue weighted by atomic mass is 32.2. The van der Waals surface area contributed by atoms with E-state index in [1.165, 1.54) is 19.9 Å². The van der Waals surface area contributed by atoms with Crippen molar-refractivity contribution in [2.45, 2.75) is 18.2 Å². The largest absolute Gasteiger partial charge is 0.398 e. The summed E-state index contributed by atoms with van der Waals surface area (Å²) in [5.41, 5.74) is 6.83. The predicted octanol–water partition coefficient (Wildman–Crippen LogP) is 3.77. The first-order valence-corrected chi connectivity index (χ1v) is 6.64. The SMILES string of the molecule is CCc1cc2cc(SC)c(N)cc2s1. The molecule has 0 atom stereocenters. The minimum atomic E-state index is 0.898. The van der Waals surface area contributed by atoms with E-state index in [1.807, 2.05) is 11.3 Å². The molecule has 0 aliphatic heterocycles. The van der Waals surface area contributed by atoms with Crippen LogP contribution in [-0.4, -0.2) is 6.26 Å². The monoisotopic (exact) mass is 223 g/mol. The van der Waals surface area contributed by atoms with Crippen LogP contribution in [0.4, 0.5) is 5.69 Å². The highest BCUT2D eigenvalue weighted by Gasteiger charge is 2.04. The maximum Gasteiger partial charge on any atom is 0.0466 e. The summed E-state index contributed by atoms with van der Waals surface area (Å²) in [4.78, 5) is 2.61. The molecule has 1 aromatic carbocycles. The first kappa shape index (κ1) is 9.87. The molecule has 14 heavy (non-hydrogen) atoms. The molecule has 0 aliphatic carbocycles. The van der Waals surface area contributed by atoms with Crippen LogP contribution in [0.2, 0.25) is 0 Å². The van der Waals surface area contributed by atoms with Gasteiger partial charge in [0.1, 0.15) is 0 Å². The molecule has 0 fully saturated rings. The Hall–Kier alpha value is -0.670. The number of anilines is 1. The maximum atomic E-state index is 5.93. The van der Waals surface area contributed by atoms with Gasteiger partial charge in [-0.05, 0) is 36.3 Å². The first-order valence-electron chi connectivity index (χ1n) is 4.60. The van der Waals surface area contributed by atoms with Gasteiger partial charge >= 0.3 is 0 Å². The maximum absolute atomic E-state index is 5.93. The summed E-state index contributed by atoms with van der Waals surface area (Å²) in [6.45, 7) is 2.18. The zero-order valence-corrected chi connectivity index (χ0v) is 9.97. The topological polar surface area (TPSA) is 26.0 Å². The van der Waals surface area contributed by atoms with Crippen LogP contribution in [0.5, 0.6) is 0 Å². The number of fused-ring (bicyclic) bond motifs is 1. The smallest absolute Gasteiger partial charge is 0.0466 e. The Bertz CT molecular complexity index is 460. The number of nitrogen functional groups attached to an aromatic ring is 1. The van der Waals surface area contributed by atoms with Gasteiger partial charge in [0, 0.05) is 20.2 Å². The molecule has 3 heteroatoms. The van der Waals surface area contributed by atoms with Crippen LogP contribution in [0.1, 0.15) is 11.8 Å². The Labute approximate surface area is 92.3 Å². The van der Waals surface area contributed by atoms with Crippen LogP contribution in [-0.2, 0) is 6.42 Å². The summed E-state index contributed by atoms with van der Waals surface area (Å²) < 4.78 is 1.30. The van der Waals surface area contributed by atoms with Crippen molar-refractivity contribution in [3.05, 3.63) is 23.1 Å². The Morgan fingerprint density at radius 1 is 1.36 bits per heavy atom. The van der Waals surface area contributed by atoms with Crippen LogP contribution in [0.15, 0.2) is 23.1 Å². The Balaban J connectivity index is 2.64. The third-order valence-electron chi connectivity index (χ3n) is 2.27. The molecule has 0 radical (unpaired) electrons. The van der Waals surface area contributed by atoms with Gasteiger partial charge < -0.3 is 5.73 Å². The average molecular weight is 223 g/mol. The minimum Gasteiger partial charge on any atom is -0.398 e. The van der Waals surface area contributed by atoms with E-state index >= 15 is 0 Å². The number of thioether (sulfide) groups is 1. The third-order valence-corrected chi connectivity index (χ3v) is 4.30. The fourth-order valence-corrected chi connectivity index (χ4v) is 3.06. The van der Waals surface area contributed by atoms with E-state index in [4.69, 9.17) is 5.73 Å². The van der Waals surface area contributed by atoms with Crippen molar-refractivity contribution in [1.29, 1.82) is 0 Å². The molecule has 0 saturated carbocycles. The molecule has 74 valence electrons. The standard InChI is InChI=1S/C11H13NS2/c1-3-8-4-7-5-11(13-2)9(12)6-10(7)14-8/h4-6H,3,12H2,1-2H3. The summed E-state index contributed by atoms with van der Waals surface area (Å²) in [5.74, 6) is 0. The van der Waals surface area contributed by atoms with Gasteiger partial charge in [-0.2, -0.15) is 0 Å². The van der Waals surface area contributed by atoms with E-state index in [0.717, 1.165) is 12.1 Å². The van der Waals surface area contributed by atoms with E-state index in [9.17, 15) is 0 Å². The molecule has 2 rings (SSSR count). The molecule has 1 nitrogen and oxygen atoms in total. The zero-order chi connectivity index (χ0) is 10.1. The molecule has 0 aliphatic rings. The van der Waals surface area contributed by atoms with E-state index in [1.54, 1.807) is 11.8 Å². The number of aryl methyl sites for hydroxylation is 1. The van der Waals surface area contributed by atoms with Crippen molar-refractivity contribution in [3.63, 3.8) is 0 Å². The van der Waals surface area contributed by atoms with Crippen LogP contribution < -0.4 is 5.73 Å². The first-order chi connectivity index (χ1) is 6.74. The van der Waals surface area contributed by atoms with Gasteiger partial charge in [-0.25, -0.2) is 0 Å².